The second kappa shape index (κ2) is 14.8. The molecule has 5 aliphatic carbocycles. The number of carbonyl (C=O) groups excluding carboxylic acids is 4. The number of aromatic carboxylic acids is 1. The van der Waals surface area contributed by atoms with Gasteiger partial charge in [-0.15, -0.1) is 0 Å². The number of carboxylic acid groups (broad SMARTS) is 1. The van der Waals surface area contributed by atoms with E-state index in [1.807, 2.05) is 0 Å². The van der Waals surface area contributed by atoms with E-state index in [2.05, 4.69) is 0 Å². The fourth-order valence-corrected chi connectivity index (χ4v) is 12.1. The molecule has 2 heterocycles. The summed E-state index contributed by atoms with van der Waals surface area (Å²) < 4.78 is 46.2. The molecule has 1 aliphatic heterocycles. The van der Waals surface area contributed by atoms with E-state index in [0.717, 1.165) is 18.9 Å². The fourth-order valence-electron chi connectivity index (χ4n) is 12.1. The normalized spacial score (nSPS) is 34.3. The van der Waals surface area contributed by atoms with Crippen molar-refractivity contribution in [2.75, 3.05) is 38.3 Å². The number of allylic oxidation sites excluding steroid dienone is 4. The van der Waals surface area contributed by atoms with Gasteiger partial charge >= 0.3 is 11.9 Å². The second-order valence-corrected chi connectivity index (χ2v) is 18.6. The molecule has 0 radical (unpaired) electrons. The Morgan fingerprint density at radius 1 is 1.03 bits per heavy atom. The van der Waals surface area contributed by atoms with Crippen LogP contribution in [0.15, 0.2) is 40.9 Å². The smallest absolute Gasteiger partial charge is 0.341 e. The van der Waals surface area contributed by atoms with E-state index >= 15 is 8.78 Å². The zero-order valence-corrected chi connectivity index (χ0v) is 35.0. The number of nitrogens with zero attached hydrogens (tertiary/aromatic N) is 3. The zero-order chi connectivity index (χ0) is 44.1. The molecule has 0 spiro atoms. The van der Waals surface area contributed by atoms with E-state index in [9.17, 15) is 44.1 Å². The molecule has 6 aliphatic rings. The first kappa shape index (κ1) is 42.7. The summed E-state index contributed by atoms with van der Waals surface area (Å²) in [5.74, 6) is -6.12. The van der Waals surface area contributed by atoms with Crippen LogP contribution in [0, 0.1) is 34.4 Å². The number of rotatable bonds is 10. The van der Waals surface area contributed by atoms with E-state index in [1.165, 1.54) is 25.5 Å². The molecule has 1 unspecified atom stereocenters. The third-order valence-electron chi connectivity index (χ3n) is 15.4. The maximum absolute atomic E-state index is 17.5. The molecule has 1 saturated heterocycles. The van der Waals surface area contributed by atoms with E-state index in [0.29, 0.717) is 30.4 Å². The van der Waals surface area contributed by atoms with Gasteiger partial charge in [0.15, 0.2) is 29.6 Å². The number of hydrogen-bond donors (Lipinski definition) is 3. The maximum Gasteiger partial charge on any atom is 0.341 e. The third-order valence-corrected chi connectivity index (χ3v) is 15.4. The molecular weight excluding hydrogens is 797 g/mol. The van der Waals surface area contributed by atoms with Gasteiger partial charge in [0.1, 0.15) is 16.9 Å². The highest BCUT2D eigenvalue weighted by Crippen LogP contribution is 2.70. The van der Waals surface area contributed by atoms with E-state index in [-0.39, 0.29) is 73.5 Å². The van der Waals surface area contributed by atoms with Gasteiger partial charge < -0.3 is 39.2 Å². The predicted octanol–water partition coefficient (Wildman–Crippen LogP) is 4.46. The number of aliphatic hydroxyl groups excluding tert-OH is 1. The van der Waals surface area contributed by atoms with Crippen LogP contribution < -0.4 is 15.1 Å². The summed E-state index contributed by atoms with van der Waals surface area (Å²) >= 11 is 0. The maximum atomic E-state index is 17.5. The van der Waals surface area contributed by atoms with Crippen LogP contribution >= 0.6 is 0 Å². The lowest BCUT2D eigenvalue weighted by Crippen LogP contribution is -2.69. The summed E-state index contributed by atoms with van der Waals surface area (Å²) in [4.78, 5) is 80.8. The molecule has 5 fully saturated rings. The highest BCUT2D eigenvalue weighted by molar-refractivity contribution is 6.01. The van der Waals surface area contributed by atoms with Crippen molar-refractivity contribution in [3.63, 3.8) is 0 Å². The number of pyridine rings is 1. The second-order valence-electron chi connectivity index (χ2n) is 18.6. The highest BCUT2D eigenvalue weighted by Gasteiger charge is 2.75. The third kappa shape index (κ3) is 6.28. The van der Waals surface area contributed by atoms with Gasteiger partial charge in [-0.1, -0.05) is 25.5 Å². The number of carbonyl (C=O) groups is 5. The van der Waals surface area contributed by atoms with Crippen LogP contribution in [0.2, 0.25) is 0 Å². The Bertz CT molecular complexity index is 2380. The molecule has 4 saturated carbocycles. The number of piperazine rings is 1. The molecule has 1 amide bonds. The summed E-state index contributed by atoms with van der Waals surface area (Å²) in [7, 11) is 1.35. The Balaban J connectivity index is 0.901. The minimum Gasteiger partial charge on any atom is -0.492 e. The van der Waals surface area contributed by atoms with Gasteiger partial charge in [-0.3, -0.25) is 24.0 Å². The number of Topliss-reactive ketones (excluding diaryl/α,β-unsaturated/α-hetero) is 1. The number of esters is 1. The Hall–Kier alpha value is -4.96. The van der Waals surface area contributed by atoms with Crippen LogP contribution in [0.5, 0.6) is 5.75 Å². The van der Waals surface area contributed by atoms with Crippen molar-refractivity contribution < 1.29 is 57.5 Å². The Labute approximate surface area is 351 Å². The van der Waals surface area contributed by atoms with Crippen molar-refractivity contribution in [2.24, 2.45) is 28.6 Å². The van der Waals surface area contributed by atoms with Crippen molar-refractivity contribution in [3.8, 4) is 5.75 Å². The van der Waals surface area contributed by atoms with Crippen LogP contribution in [0.4, 0.5) is 14.5 Å². The van der Waals surface area contributed by atoms with Crippen molar-refractivity contribution in [1.29, 1.82) is 0 Å². The first-order valence-corrected chi connectivity index (χ1v) is 21.2. The molecule has 61 heavy (non-hydrogen) atoms. The van der Waals surface area contributed by atoms with Gasteiger partial charge in [0, 0.05) is 61.1 Å². The Kier molecular flexibility index (Phi) is 10.4. The summed E-state index contributed by atoms with van der Waals surface area (Å²) in [6.07, 6.45) is 5.83. The molecule has 16 heteroatoms. The number of ether oxygens (including phenoxy) is 2. The summed E-state index contributed by atoms with van der Waals surface area (Å²) in [5, 5.41) is 33.4. The topological polar surface area (TPSA) is 193 Å². The van der Waals surface area contributed by atoms with Gasteiger partial charge in [-0.2, -0.15) is 0 Å². The lowest BCUT2D eigenvalue weighted by atomic mass is 9.44. The number of fused-ring (bicyclic) bond motifs is 6. The van der Waals surface area contributed by atoms with Crippen LogP contribution in [0.3, 0.4) is 0 Å². The summed E-state index contributed by atoms with van der Waals surface area (Å²) in [6, 6.07) is 0.518. The predicted molar refractivity (Wildman–Crippen MR) is 216 cm³/mol. The summed E-state index contributed by atoms with van der Waals surface area (Å²) in [6.45, 7) is 6.61. The number of methoxy groups -OCH3 is 1. The molecule has 1 aromatic heterocycles. The average Bonchev–Trinajstić information content (AvgIpc) is 4.04. The number of halogens is 2. The van der Waals surface area contributed by atoms with Crippen LogP contribution in [-0.4, -0.2) is 111 Å². The van der Waals surface area contributed by atoms with E-state index < -0.39 is 93.1 Å². The lowest BCUT2D eigenvalue weighted by molar-refractivity contribution is -0.220. The molecule has 2 aromatic rings. The molecule has 1 aromatic carbocycles. The van der Waals surface area contributed by atoms with Gasteiger partial charge in [0.2, 0.25) is 17.1 Å². The number of benzene rings is 1. The first-order valence-electron chi connectivity index (χ1n) is 21.2. The van der Waals surface area contributed by atoms with Crippen molar-refractivity contribution in [1.82, 2.24) is 9.47 Å². The van der Waals surface area contributed by atoms with Crippen molar-refractivity contribution >= 4 is 46.0 Å². The minimum absolute atomic E-state index is 0.0701. The Morgan fingerprint density at radius 2 is 1.75 bits per heavy atom. The number of ketones is 2. The van der Waals surface area contributed by atoms with E-state index in [1.54, 1.807) is 48.1 Å². The number of aliphatic hydroxyl groups is 2. The highest BCUT2D eigenvalue weighted by atomic mass is 19.1. The van der Waals surface area contributed by atoms with E-state index in [4.69, 9.17) is 9.47 Å². The number of aromatic nitrogens is 1. The van der Waals surface area contributed by atoms with Crippen LogP contribution in [-0.2, 0) is 23.9 Å². The largest absolute Gasteiger partial charge is 0.492 e. The summed E-state index contributed by atoms with van der Waals surface area (Å²) in [5.41, 5.74) is -6.90. The number of amides is 1. The molecular formula is C45H53F2N3O11. The zero-order valence-electron chi connectivity index (χ0n) is 35.0. The first-order chi connectivity index (χ1) is 28.7. The molecule has 9 atom stereocenters. The van der Waals surface area contributed by atoms with Crippen molar-refractivity contribution in [3.05, 3.63) is 57.7 Å². The van der Waals surface area contributed by atoms with Gasteiger partial charge in [-0.05, 0) is 82.4 Å². The van der Waals surface area contributed by atoms with Crippen LogP contribution in [0.25, 0.3) is 10.9 Å². The van der Waals surface area contributed by atoms with Gasteiger partial charge in [0.25, 0.3) is 0 Å². The Morgan fingerprint density at radius 3 is 2.41 bits per heavy atom. The quantitative estimate of drug-likeness (QED) is 0.285. The number of anilines is 1. The lowest BCUT2D eigenvalue weighted by Gasteiger charge is -2.62. The molecule has 328 valence electrons. The monoisotopic (exact) mass is 849 g/mol. The average molecular weight is 850 g/mol. The van der Waals surface area contributed by atoms with Gasteiger partial charge in [0.05, 0.1) is 30.5 Å². The standard InChI is InChI=1S/C45H53F2N3O11/c1-23-16-31-30-9-6-25-17-27(51)12-13-42(25,3)44(30,47)33(52)19-43(31,4)45(23,59)34(53)22-61-36(55)11-10-35(54)49-15-14-48(20-24(49)2)38-32(46)18-28-37(40(38)60-5)50(26-7-8-26)21-29(39(28)56)41(57)58/h12-13,17-18,21,23-24,26,30-31,33,52,59H,6-11,14-16,19-20,22H2,1-5H3,(H,57,58)/t23-,24?,30-,31-,33-,42-,43-,44-,45-/m1/s1. The number of alkyl halides is 1. The minimum atomic E-state index is -2.13. The number of hydrogen-bond acceptors (Lipinski definition) is 11. The fraction of sp³-hybridized carbons (Fsp3) is 0.600. The van der Waals surface area contributed by atoms with Gasteiger partial charge in [-0.25, -0.2) is 13.6 Å². The van der Waals surface area contributed by atoms with Crippen LogP contribution in [0.1, 0.15) is 95.5 Å². The molecule has 8 rings (SSSR count). The molecule has 14 nitrogen and oxygen atoms in total. The van der Waals surface area contributed by atoms with Crippen molar-refractivity contribution in [2.45, 2.75) is 109 Å². The molecule has 3 N–H and O–H groups in total. The number of carboxylic acids is 1. The SMILES string of the molecule is COc1c(N2CCN(C(=O)CCC(=O)OCC(=O)[C@]3(O)[C@H](C)C[C@@H]4[C@H]5CCC6=CC(=O)C=C[C@@]6(C)[C@]5(F)[C@H](O)C[C@]43C)C(C)C2)c(F)cc2c(=O)c(C(=O)O)cn(C3CC3)c12. The molecule has 0 bridgehead atoms.